The van der Waals surface area contributed by atoms with Gasteiger partial charge in [-0.15, -0.1) is 23.7 Å². The van der Waals surface area contributed by atoms with E-state index in [1.807, 2.05) is 11.9 Å². The Morgan fingerprint density at radius 3 is 2.68 bits per heavy atom. The molecule has 22 heavy (non-hydrogen) atoms. The fourth-order valence-electron chi connectivity index (χ4n) is 2.46. The average molecular weight is 341 g/mol. The molecule has 0 atom stereocenters. The number of nitrogens with zero attached hydrogens (tertiary/aromatic N) is 1. The maximum Gasteiger partial charge on any atom is 0.222 e. The third-order valence-electron chi connectivity index (χ3n) is 3.74. The van der Waals surface area contributed by atoms with E-state index in [2.05, 4.69) is 29.6 Å². The molecular formula is C17H25ClN2OS. The molecule has 0 bridgehead atoms. The van der Waals surface area contributed by atoms with Crippen molar-refractivity contribution in [2.75, 3.05) is 13.6 Å². The Labute approximate surface area is 142 Å². The van der Waals surface area contributed by atoms with Gasteiger partial charge in [0.2, 0.25) is 5.91 Å². The summed E-state index contributed by atoms with van der Waals surface area (Å²) < 4.78 is 1.29. The summed E-state index contributed by atoms with van der Waals surface area (Å²) >= 11 is 1.74. The number of carbonyl (C=O) groups is 1. The van der Waals surface area contributed by atoms with E-state index in [1.54, 1.807) is 11.3 Å². The minimum absolute atomic E-state index is 0. The second-order valence-electron chi connectivity index (χ2n) is 5.46. The Morgan fingerprint density at radius 2 is 1.91 bits per heavy atom. The van der Waals surface area contributed by atoms with Crippen molar-refractivity contribution in [3.63, 3.8) is 0 Å². The molecule has 2 rings (SSSR count). The van der Waals surface area contributed by atoms with E-state index in [9.17, 15) is 4.79 Å². The molecule has 2 N–H and O–H groups in total. The monoisotopic (exact) mass is 340 g/mol. The topological polar surface area (TPSA) is 46.3 Å². The summed E-state index contributed by atoms with van der Waals surface area (Å²) in [4.78, 5) is 14.0. The first-order valence-corrected chi connectivity index (χ1v) is 8.49. The molecule has 5 heteroatoms. The molecule has 0 fully saturated rings. The van der Waals surface area contributed by atoms with Crippen molar-refractivity contribution >= 4 is 39.7 Å². The lowest BCUT2D eigenvalue weighted by Gasteiger charge is -2.17. The predicted molar refractivity (Wildman–Crippen MR) is 97.7 cm³/mol. The van der Waals surface area contributed by atoms with Gasteiger partial charge in [0.15, 0.2) is 0 Å². The van der Waals surface area contributed by atoms with E-state index in [4.69, 9.17) is 5.73 Å². The highest BCUT2D eigenvalue weighted by atomic mass is 35.5. The SMILES string of the molecule is CN(Cc1csc2ccccc12)C(=O)CCCCCCN.Cl. The van der Waals surface area contributed by atoms with Gasteiger partial charge in [-0.05, 0) is 41.8 Å². The molecule has 0 aliphatic heterocycles. The Kier molecular flexibility index (Phi) is 8.46. The van der Waals surface area contributed by atoms with E-state index >= 15 is 0 Å². The quantitative estimate of drug-likeness (QED) is 0.732. The summed E-state index contributed by atoms with van der Waals surface area (Å²) in [6.07, 6.45) is 4.89. The standard InChI is InChI=1S/C17H24N2OS.ClH/c1-19(17(20)10-4-2-3-7-11-18)12-14-13-21-16-9-6-5-8-15(14)16;/h5-6,8-9,13H,2-4,7,10-12,18H2,1H3;1H. The number of carbonyl (C=O) groups excluding carboxylic acids is 1. The molecule has 1 aromatic heterocycles. The van der Waals surface area contributed by atoms with Crippen molar-refractivity contribution in [3.8, 4) is 0 Å². The van der Waals surface area contributed by atoms with Crippen LogP contribution >= 0.6 is 23.7 Å². The van der Waals surface area contributed by atoms with Crippen molar-refractivity contribution in [2.45, 2.75) is 38.6 Å². The van der Waals surface area contributed by atoms with Crippen LogP contribution in [0.2, 0.25) is 0 Å². The zero-order valence-corrected chi connectivity index (χ0v) is 14.7. The maximum atomic E-state index is 12.1. The predicted octanol–water partition coefficient (Wildman–Crippen LogP) is 4.19. The molecule has 0 saturated heterocycles. The van der Waals surface area contributed by atoms with Gasteiger partial charge in [-0.3, -0.25) is 4.79 Å². The summed E-state index contributed by atoms with van der Waals surface area (Å²) in [5.41, 5.74) is 6.71. The highest BCUT2D eigenvalue weighted by molar-refractivity contribution is 7.17. The number of rotatable bonds is 8. The third-order valence-corrected chi connectivity index (χ3v) is 4.75. The lowest BCUT2D eigenvalue weighted by Crippen LogP contribution is -2.25. The van der Waals surface area contributed by atoms with Crippen molar-refractivity contribution in [1.82, 2.24) is 4.90 Å². The molecule has 0 aliphatic carbocycles. The van der Waals surface area contributed by atoms with Crippen LogP contribution in [0.3, 0.4) is 0 Å². The van der Waals surface area contributed by atoms with Crippen LogP contribution in [0.15, 0.2) is 29.6 Å². The molecule has 0 unspecified atom stereocenters. The lowest BCUT2D eigenvalue weighted by molar-refractivity contribution is -0.130. The van der Waals surface area contributed by atoms with Crippen LogP contribution in [0.4, 0.5) is 0 Å². The normalized spacial score (nSPS) is 10.5. The summed E-state index contributed by atoms with van der Waals surface area (Å²) in [6.45, 7) is 1.45. The fraction of sp³-hybridized carbons (Fsp3) is 0.471. The van der Waals surface area contributed by atoms with Crippen molar-refractivity contribution < 1.29 is 4.79 Å². The van der Waals surface area contributed by atoms with Crippen LogP contribution in [0.5, 0.6) is 0 Å². The number of hydrogen-bond donors (Lipinski definition) is 1. The number of benzene rings is 1. The Balaban J connectivity index is 0.00000242. The van der Waals surface area contributed by atoms with Crippen LogP contribution in [-0.2, 0) is 11.3 Å². The smallest absolute Gasteiger partial charge is 0.222 e. The molecule has 0 spiro atoms. The molecule has 0 saturated carbocycles. The number of thiophene rings is 1. The minimum Gasteiger partial charge on any atom is -0.341 e. The number of fused-ring (bicyclic) bond motifs is 1. The summed E-state index contributed by atoms with van der Waals surface area (Å²) in [7, 11) is 1.90. The van der Waals surface area contributed by atoms with Gasteiger partial charge < -0.3 is 10.6 Å². The number of unbranched alkanes of at least 4 members (excludes halogenated alkanes) is 3. The van der Waals surface area contributed by atoms with Gasteiger partial charge in [-0.25, -0.2) is 0 Å². The number of amides is 1. The van der Waals surface area contributed by atoms with Gasteiger partial charge >= 0.3 is 0 Å². The van der Waals surface area contributed by atoms with Gasteiger partial charge in [0.25, 0.3) is 0 Å². The second kappa shape index (κ2) is 9.82. The number of hydrogen-bond acceptors (Lipinski definition) is 3. The van der Waals surface area contributed by atoms with E-state index < -0.39 is 0 Å². The Bertz CT molecular complexity index is 585. The molecule has 122 valence electrons. The Hall–Kier alpha value is -1.10. The lowest BCUT2D eigenvalue weighted by atomic mass is 10.1. The minimum atomic E-state index is 0. The molecule has 0 aliphatic rings. The summed E-state index contributed by atoms with van der Waals surface area (Å²) in [5.74, 6) is 0.234. The first-order chi connectivity index (χ1) is 10.2. The van der Waals surface area contributed by atoms with E-state index in [0.29, 0.717) is 13.0 Å². The molecule has 1 amide bonds. The van der Waals surface area contributed by atoms with Crippen molar-refractivity contribution in [1.29, 1.82) is 0 Å². The van der Waals surface area contributed by atoms with E-state index in [1.165, 1.54) is 15.6 Å². The van der Waals surface area contributed by atoms with Crippen LogP contribution in [0.25, 0.3) is 10.1 Å². The molecule has 2 aromatic rings. The van der Waals surface area contributed by atoms with E-state index in [0.717, 1.165) is 32.2 Å². The first-order valence-electron chi connectivity index (χ1n) is 7.61. The molecule has 3 nitrogen and oxygen atoms in total. The zero-order chi connectivity index (χ0) is 15.1. The zero-order valence-electron chi connectivity index (χ0n) is 13.1. The number of halogens is 1. The van der Waals surface area contributed by atoms with Crippen LogP contribution in [0, 0.1) is 0 Å². The van der Waals surface area contributed by atoms with Crippen LogP contribution in [-0.4, -0.2) is 24.4 Å². The molecular weight excluding hydrogens is 316 g/mol. The third kappa shape index (κ3) is 5.27. The highest BCUT2D eigenvalue weighted by Gasteiger charge is 2.11. The van der Waals surface area contributed by atoms with Crippen molar-refractivity contribution in [2.24, 2.45) is 5.73 Å². The summed E-state index contributed by atoms with van der Waals surface area (Å²) in [6, 6.07) is 8.37. The van der Waals surface area contributed by atoms with Gasteiger partial charge in [0, 0.05) is 24.7 Å². The van der Waals surface area contributed by atoms with Gasteiger partial charge in [-0.1, -0.05) is 31.0 Å². The summed E-state index contributed by atoms with van der Waals surface area (Å²) in [5, 5.41) is 3.43. The largest absolute Gasteiger partial charge is 0.341 e. The Morgan fingerprint density at radius 1 is 1.18 bits per heavy atom. The van der Waals surface area contributed by atoms with Gasteiger partial charge in [-0.2, -0.15) is 0 Å². The number of nitrogens with two attached hydrogens (primary N) is 1. The van der Waals surface area contributed by atoms with Crippen LogP contribution < -0.4 is 5.73 Å². The van der Waals surface area contributed by atoms with Crippen LogP contribution in [0.1, 0.15) is 37.7 Å². The van der Waals surface area contributed by atoms with Crippen molar-refractivity contribution in [3.05, 3.63) is 35.2 Å². The maximum absolute atomic E-state index is 12.1. The van der Waals surface area contributed by atoms with Gasteiger partial charge in [0.05, 0.1) is 0 Å². The average Bonchev–Trinajstić information content (AvgIpc) is 2.90. The van der Waals surface area contributed by atoms with E-state index in [-0.39, 0.29) is 18.3 Å². The fourth-order valence-corrected chi connectivity index (χ4v) is 3.42. The molecule has 1 heterocycles. The second-order valence-corrected chi connectivity index (χ2v) is 6.37. The molecule has 0 radical (unpaired) electrons. The highest BCUT2D eigenvalue weighted by Crippen LogP contribution is 2.26. The van der Waals surface area contributed by atoms with Gasteiger partial charge in [0.1, 0.15) is 0 Å². The first kappa shape index (κ1) is 18.9. The molecule has 1 aromatic carbocycles.